The van der Waals surface area contributed by atoms with Gasteiger partial charge < -0.3 is 20.1 Å². The van der Waals surface area contributed by atoms with Gasteiger partial charge in [0.25, 0.3) is 0 Å². The first-order valence-electron chi connectivity index (χ1n) is 9.05. The SMILES string of the molecule is CCNC(=NCC1(c2cccc(F)c2)CCOCC1)NCCCOC. The number of aliphatic imine (C=N–C) groups is 1. The molecular formula is C19H30FN3O2. The highest BCUT2D eigenvalue weighted by Gasteiger charge is 2.34. The molecule has 1 saturated heterocycles. The van der Waals surface area contributed by atoms with Crippen LogP contribution in [0.1, 0.15) is 31.7 Å². The molecule has 2 rings (SSSR count). The van der Waals surface area contributed by atoms with E-state index in [1.54, 1.807) is 19.2 Å². The summed E-state index contributed by atoms with van der Waals surface area (Å²) in [6.45, 7) is 6.34. The molecule has 1 aliphatic heterocycles. The van der Waals surface area contributed by atoms with Gasteiger partial charge in [-0.3, -0.25) is 4.99 Å². The van der Waals surface area contributed by atoms with Crippen molar-refractivity contribution in [2.75, 3.05) is 46.6 Å². The highest BCUT2D eigenvalue weighted by molar-refractivity contribution is 5.79. The lowest BCUT2D eigenvalue weighted by molar-refractivity contribution is 0.0530. The van der Waals surface area contributed by atoms with E-state index in [1.807, 2.05) is 13.0 Å². The molecule has 0 aromatic heterocycles. The molecule has 0 radical (unpaired) electrons. The molecule has 1 aromatic carbocycles. The van der Waals surface area contributed by atoms with Gasteiger partial charge in [0.05, 0.1) is 6.54 Å². The first-order valence-corrected chi connectivity index (χ1v) is 9.05. The molecular weight excluding hydrogens is 321 g/mol. The van der Waals surface area contributed by atoms with Crippen molar-refractivity contribution in [3.05, 3.63) is 35.6 Å². The quantitative estimate of drug-likeness (QED) is 0.429. The molecule has 0 spiro atoms. The Balaban J connectivity index is 2.11. The Morgan fingerprint density at radius 3 is 2.80 bits per heavy atom. The molecule has 6 heteroatoms. The van der Waals surface area contributed by atoms with E-state index < -0.39 is 0 Å². The van der Waals surface area contributed by atoms with Crippen LogP contribution in [0.25, 0.3) is 0 Å². The fraction of sp³-hybridized carbons (Fsp3) is 0.632. The van der Waals surface area contributed by atoms with Gasteiger partial charge in [-0.2, -0.15) is 0 Å². The summed E-state index contributed by atoms with van der Waals surface area (Å²) in [4.78, 5) is 4.79. The van der Waals surface area contributed by atoms with E-state index in [4.69, 9.17) is 14.5 Å². The van der Waals surface area contributed by atoms with Crippen molar-refractivity contribution in [2.24, 2.45) is 4.99 Å². The van der Waals surface area contributed by atoms with E-state index in [-0.39, 0.29) is 11.2 Å². The summed E-state index contributed by atoms with van der Waals surface area (Å²) in [5, 5.41) is 6.60. The molecule has 0 aliphatic carbocycles. The third-order valence-corrected chi connectivity index (χ3v) is 4.59. The molecule has 0 saturated carbocycles. The number of guanidine groups is 1. The molecule has 1 heterocycles. The van der Waals surface area contributed by atoms with Crippen LogP contribution in [0.4, 0.5) is 4.39 Å². The summed E-state index contributed by atoms with van der Waals surface area (Å²) < 4.78 is 24.4. The number of ether oxygens (including phenoxy) is 2. The van der Waals surface area contributed by atoms with Crippen molar-refractivity contribution in [1.82, 2.24) is 10.6 Å². The number of hydrogen-bond acceptors (Lipinski definition) is 3. The van der Waals surface area contributed by atoms with Crippen LogP contribution in [-0.2, 0) is 14.9 Å². The molecule has 1 aromatic rings. The van der Waals surface area contributed by atoms with Gasteiger partial charge in [-0.05, 0) is 43.9 Å². The third-order valence-electron chi connectivity index (χ3n) is 4.59. The largest absolute Gasteiger partial charge is 0.385 e. The molecule has 2 N–H and O–H groups in total. The minimum Gasteiger partial charge on any atom is -0.385 e. The molecule has 0 unspecified atom stereocenters. The summed E-state index contributed by atoms with van der Waals surface area (Å²) in [6.07, 6.45) is 2.62. The van der Waals surface area contributed by atoms with Crippen molar-refractivity contribution >= 4 is 5.96 Å². The average Bonchev–Trinajstić information content (AvgIpc) is 2.64. The minimum atomic E-state index is -0.197. The smallest absolute Gasteiger partial charge is 0.191 e. The molecule has 0 amide bonds. The number of halogens is 1. The number of nitrogens with zero attached hydrogens (tertiary/aromatic N) is 1. The second-order valence-corrected chi connectivity index (χ2v) is 6.37. The van der Waals surface area contributed by atoms with Crippen LogP contribution in [-0.4, -0.2) is 52.5 Å². The zero-order valence-corrected chi connectivity index (χ0v) is 15.3. The standard InChI is InChI=1S/C19H30FN3O2/c1-3-21-18(22-10-5-11-24-2)23-15-19(8-12-25-13-9-19)16-6-4-7-17(20)14-16/h4,6-7,14H,3,5,8-13,15H2,1-2H3,(H2,21,22,23). The normalized spacial score (nSPS) is 17.3. The van der Waals surface area contributed by atoms with Gasteiger partial charge in [0.15, 0.2) is 5.96 Å². The number of benzene rings is 1. The first kappa shape index (κ1) is 19.7. The predicted molar refractivity (Wildman–Crippen MR) is 98.6 cm³/mol. The summed E-state index contributed by atoms with van der Waals surface area (Å²) in [5.41, 5.74) is 0.838. The summed E-state index contributed by atoms with van der Waals surface area (Å²) in [5.74, 6) is 0.595. The maximum atomic E-state index is 13.7. The monoisotopic (exact) mass is 351 g/mol. The number of hydrogen-bond donors (Lipinski definition) is 2. The second kappa shape index (κ2) is 10.4. The van der Waals surface area contributed by atoms with Gasteiger partial charge in [-0.25, -0.2) is 4.39 Å². The highest BCUT2D eigenvalue weighted by Crippen LogP contribution is 2.35. The zero-order valence-electron chi connectivity index (χ0n) is 15.3. The van der Waals surface area contributed by atoms with Crippen LogP contribution >= 0.6 is 0 Å². The maximum Gasteiger partial charge on any atom is 0.191 e. The van der Waals surface area contributed by atoms with Gasteiger partial charge in [-0.15, -0.1) is 0 Å². The van der Waals surface area contributed by atoms with Gasteiger partial charge >= 0.3 is 0 Å². The lowest BCUT2D eigenvalue weighted by atomic mass is 9.74. The minimum absolute atomic E-state index is 0.171. The Bertz CT molecular complexity index is 545. The maximum absolute atomic E-state index is 13.7. The van der Waals surface area contributed by atoms with E-state index in [1.165, 1.54) is 6.07 Å². The van der Waals surface area contributed by atoms with E-state index in [0.29, 0.717) is 19.8 Å². The molecule has 0 atom stereocenters. The van der Waals surface area contributed by atoms with Crippen LogP contribution in [0.3, 0.4) is 0 Å². The Hall–Kier alpha value is -1.66. The zero-order chi connectivity index (χ0) is 18.0. The average molecular weight is 351 g/mol. The van der Waals surface area contributed by atoms with Gasteiger partial charge in [0.1, 0.15) is 5.82 Å². The first-order chi connectivity index (χ1) is 12.2. The molecule has 25 heavy (non-hydrogen) atoms. The number of nitrogens with one attached hydrogen (secondary N) is 2. The summed E-state index contributed by atoms with van der Waals surface area (Å²) >= 11 is 0. The van der Waals surface area contributed by atoms with E-state index in [9.17, 15) is 4.39 Å². The van der Waals surface area contributed by atoms with Crippen molar-refractivity contribution in [3.63, 3.8) is 0 Å². The van der Waals surface area contributed by atoms with Crippen LogP contribution in [0.2, 0.25) is 0 Å². The molecule has 0 bridgehead atoms. The molecule has 5 nitrogen and oxygen atoms in total. The topological polar surface area (TPSA) is 54.9 Å². The highest BCUT2D eigenvalue weighted by atomic mass is 19.1. The fourth-order valence-electron chi connectivity index (χ4n) is 3.11. The lowest BCUT2D eigenvalue weighted by Gasteiger charge is -2.36. The summed E-state index contributed by atoms with van der Waals surface area (Å²) in [7, 11) is 1.70. The van der Waals surface area contributed by atoms with Gasteiger partial charge in [-0.1, -0.05) is 12.1 Å². The van der Waals surface area contributed by atoms with E-state index >= 15 is 0 Å². The predicted octanol–water partition coefficient (Wildman–Crippen LogP) is 2.47. The van der Waals surface area contributed by atoms with Crippen molar-refractivity contribution < 1.29 is 13.9 Å². The molecule has 1 fully saturated rings. The lowest BCUT2D eigenvalue weighted by Crippen LogP contribution is -2.41. The van der Waals surface area contributed by atoms with E-state index in [0.717, 1.165) is 50.5 Å². The summed E-state index contributed by atoms with van der Waals surface area (Å²) in [6, 6.07) is 6.91. The van der Waals surface area contributed by atoms with Crippen LogP contribution in [0.15, 0.2) is 29.3 Å². The Labute approximate surface area is 150 Å². The Kier molecular flexibility index (Phi) is 8.15. The number of methoxy groups -OCH3 is 1. The Morgan fingerprint density at radius 1 is 1.32 bits per heavy atom. The third kappa shape index (κ3) is 5.97. The van der Waals surface area contributed by atoms with Crippen molar-refractivity contribution in [1.29, 1.82) is 0 Å². The molecule has 1 aliphatic rings. The Morgan fingerprint density at radius 2 is 2.12 bits per heavy atom. The van der Waals surface area contributed by atoms with Crippen LogP contribution in [0.5, 0.6) is 0 Å². The van der Waals surface area contributed by atoms with Gasteiger partial charge in [0, 0.05) is 45.4 Å². The number of rotatable bonds is 8. The van der Waals surface area contributed by atoms with Crippen LogP contribution in [0, 0.1) is 5.82 Å². The van der Waals surface area contributed by atoms with Gasteiger partial charge in [0.2, 0.25) is 0 Å². The van der Waals surface area contributed by atoms with E-state index in [2.05, 4.69) is 10.6 Å². The molecule has 140 valence electrons. The fourth-order valence-corrected chi connectivity index (χ4v) is 3.11. The van der Waals surface area contributed by atoms with Crippen LogP contribution < -0.4 is 10.6 Å². The second-order valence-electron chi connectivity index (χ2n) is 6.37. The van der Waals surface area contributed by atoms with Crippen molar-refractivity contribution in [3.8, 4) is 0 Å². The van der Waals surface area contributed by atoms with Crippen molar-refractivity contribution in [2.45, 2.75) is 31.6 Å².